The molecular formula is C32H36F3N4O8P. The monoisotopic (exact) mass is 692 g/mol. The van der Waals surface area contributed by atoms with Crippen molar-refractivity contribution in [3.05, 3.63) is 83.9 Å². The molecule has 1 unspecified atom stereocenters. The molecule has 0 aromatic heterocycles. The van der Waals surface area contributed by atoms with Crippen LogP contribution in [0.3, 0.4) is 0 Å². The number of hydrogen-bond acceptors (Lipinski definition) is 8. The van der Waals surface area contributed by atoms with Crippen molar-refractivity contribution in [2.24, 2.45) is 11.7 Å². The molecule has 4 rings (SSSR count). The number of rotatable bonds is 10. The molecule has 3 amide bonds. The summed E-state index contributed by atoms with van der Waals surface area (Å²) in [7, 11) is -4.24. The summed E-state index contributed by atoms with van der Waals surface area (Å²) in [4.78, 5) is 47.0. The molecule has 1 aliphatic rings. The average Bonchev–Trinajstić information content (AvgIpc) is 3.42. The molecule has 48 heavy (non-hydrogen) atoms. The van der Waals surface area contributed by atoms with Crippen LogP contribution in [0, 0.1) is 5.92 Å². The van der Waals surface area contributed by atoms with Gasteiger partial charge in [-0.1, -0.05) is 44.5 Å². The number of benzene rings is 3. The smallest absolute Gasteiger partial charge is 0.475 e. The number of nitrogens with two attached hydrogens (primary N) is 1. The second-order valence-corrected chi connectivity index (χ2v) is 12.8. The van der Waals surface area contributed by atoms with Crippen molar-refractivity contribution >= 4 is 42.7 Å². The van der Waals surface area contributed by atoms with Gasteiger partial charge in [0.1, 0.15) is 11.5 Å². The van der Waals surface area contributed by atoms with Gasteiger partial charge in [0.05, 0.1) is 6.04 Å². The van der Waals surface area contributed by atoms with E-state index < -0.39 is 31.6 Å². The van der Waals surface area contributed by atoms with Gasteiger partial charge in [0, 0.05) is 31.8 Å². The minimum absolute atomic E-state index is 0.101. The molecule has 0 saturated heterocycles. The number of carbonyl (C=O) groups excluding carboxylic acids is 3. The number of halogens is 3. The predicted octanol–water partition coefficient (Wildman–Crippen LogP) is 6.30. The Morgan fingerprint density at radius 3 is 1.75 bits per heavy atom. The third-order valence-corrected chi connectivity index (χ3v) is 9.24. The van der Waals surface area contributed by atoms with Gasteiger partial charge in [0.25, 0.3) is 0 Å². The highest BCUT2D eigenvalue weighted by Crippen LogP contribution is 2.64. The SMILES string of the molecule is CC[C@@H](C)[C@H](N)C(=O)N1Cc2ccccc2C1P(=O)(Oc1ccc(NC(C)=O)cc1)Oc1ccc(NC(C)=O)cc1.O=C(O)C(F)(F)F. The zero-order chi connectivity index (χ0) is 35.8. The van der Waals surface area contributed by atoms with Crippen LogP contribution in [0.2, 0.25) is 0 Å². The zero-order valence-electron chi connectivity index (χ0n) is 26.5. The maximum atomic E-state index is 15.0. The standard InChI is InChI=1S/C30H35N4O6P.C2HF3O2/c1-5-19(2)28(31)29(37)34-18-22-8-6-7-9-27(22)30(34)41(38,39-25-14-10-23(11-15-25)32-20(3)35)40-26-16-12-24(13-17-26)33-21(4)36;3-2(4,5)1(6)7/h6-17,19,28,30H,5,18,31H2,1-4H3,(H,32,35)(H,33,36);(H,6,7)/t19-,28+,30?;/m1./s1. The molecule has 0 bridgehead atoms. The van der Waals surface area contributed by atoms with Crippen molar-refractivity contribution in [2.75, 3.05) is 10.6 Å². The highest BCUT2D eigenvalue weighted by molar-refractivity contribution is 7.55. The Hall–Kier alpha value is -4.88. The molecule has 16 heteroatoms. The number of hydrogen-bond donors (Lipinski definition) is 4. The molecule has 5 N–H and O–H groups in total. The number of amides is 3. The Bertz CT molecular complexity index is 1600. The van der Waals surface area contributed by atoms with E-state index in [0.29, 0.717) is 23.4 Å². The van der Waals surface area contributed by atoms with E-state index in [1.165, 1.54) is 18.7 Å². The lowest BCUT2D eigenvalue weighted by Crippen LogP contribution is -2.46. The third kappa shape index (κ3) is 9.81. The van der Waals surface area contributed by atoms with Crippen molar-refractivity contribution < 1.29 is 51.1 Å². The first-order valence-corrected chi connectivity index (χ1v) is 16.2. The number of nitrogens with zero attached hydrogens (tertiary/aromatic N) is 1. The van der Waals surface area contributed by atoms with Gasteiger partial charge >= 0.3 is 19.7 Å². The molecule has 1 aliphatic heterocycles. The molecule has 3 aromatic carbocycles. The van der Waals surface area contributed by atoms with Crippen LogP contribution in [0.5, 0.6) is 11.5 Å². The van der Waals surface area contributed by atoms with Crippen LogP contribution in [-0.2, 0) is 30.3 Å². The van der Waals surface area contributed by atoms with E-state index in [9.17, 15) is 27.6 Å². The highest BCUT2D eigenvalue weighted by Gasteiger charge is 2.51. The number of carboxylic acids is 1. The van der Waals surface area contributed by atoms with Crippen molar-refractivity contribution in [1.82, 2.24) is 4.90 Å². The predicted molar refractivity (Wildman–Crippen MR) is 171 cm³/mol. The number of fused-ring (bicyclic) bond motifs is 1. The molecule has 0 saturated carbocycles. The lowest BCUT2D eigenvalue weighted by molar-refractivity contribution is -0.192. The number of alkyl halides is 3. The topological polar surface area (TPSA) is 177 Å². The second-order valence-electron chi connectivity index (χ2n) is 10.9. The minimum Gasteiger partial charge on any atom is -0.475 e. The van der Waals surface area contributed by atoms with E-state index in [-0.39, 0.29) is 41.7 Å². The summed E-state index contributed by atoms with van der Waals surface area (Å²) in [5.41, 5.74) is 8.92. The molecular weight excluding hydrogens is 656 g/mol. The van der Waals surface area contributed by atoms with Crippen LogP contribution in [0.1, 0.15) is 51.0 Å². The van der Waals surface area contributed by atoms with Crippen LogP contribution in [0.25, 0.3) is 0 Å². The fourth-order valence-corrected chi connectivity index (χ4v) is 6.81. The Morgan fingerprint density at radius 1 is 0.917 bits per heavy atom. The van der Waals surface area contributed by atoms with Gasteiger partial charge < -0.3 is 35.4 Å². The maximum absolute atomic E-state index is 15.0. The molecule has 0 radical (unpaired) electrons. The minimum atomic E-state index is -5.08. The van der Waals surface area contributed by atoms with Crippen molar-refractivity contribution in [3.63, 3.8) is 0 Å². The third-order valence-electron chi connectivity index (χ3n) is 7.15. The summed E-state index contributed by atoms with van der Waals surface area (Å²) in [6.07, 6.45) is -4.38. The van der Waals surface area contributed by atoms with Gasteiger partial charge in [-0.05, 0) is 65.6 Å². The van der Waals surface area contributed by atoms with Gasteiger partial charge in [-0.2, -0.15) is 13.2 Å². The van der Waals surface area contributed by atoms with Crippen molar-refractivity contribution in [1.29, 1.82) is 0 Å². The normalized spacial score (nSPS) is 15.2. The number of carbonyl (C=O) groups is 4. The summed E-state index contributed by atoms with van der Waals surface area (Å²) in [6, 6.07) is 19.3. The average molecular weight is 693 g/mol. The zero-order valence-corrected chi connectivity index (χ0v) is 27.4. The first-order valence-electron chi connectivity index (χ1n) is 14.6. The van der Waals surface area contributed by atoms with Gasteiger partial charge in [-0.3, -0.25) is 14.4 Å². The van der Waals surface area contributed by atoms with Gasteiger partial charge in [0.2, 0.25) is 17.7 Å². The molecule has 1 heterocycles. The molecule has 0 spiro atoms. The summed E-state index contributed by atoms with van der Waals surface area (Å²) in [5.74, 6) is -4.31. The summed E-state index contributed by atoms with van der Waals surface area (Å²) in [5, 5.41) is 12.5. The fraction of sp³-hybridized carbons (Fsp3) is 0.312. The summed E-state index contributed by atoms with van der Waals surface area (Å²) in [6.45, 7) is 6.86. The van der Waals surface area contributed by atoms with Gasteiger partial charge in [0.15, 0.2) is 5.78 Å². The van der Waals surface area contributed by atoms with E-state index in [1.54, 1.807) is 54.6 Å². The highest BCUT2D eigenvalue weighted by atomic mass is 31.2. The van der Waals surface area contributed by atoms with Crippen LogP contribution in [0.15, 0.2) is 72.8 Å². The van der Waals surface area contributed by atoms with Crippen LogP contribution >= 0.6 is 7.60 Å². The first kappa shape index (κ1) is 37.6. The van der Waals surface area contributed by atoms with Gasteiger partial charge in [-0.15, -0.1) is 0 Å². The fourth-order valence-electron chi connectivity index (χ4n) is 4.61. The summed E-state index contributed by atoms with van der Waals surface area (Å²) < 4.78 is 59.1. The molecule has 3 aromatic rings. The molecule has 258 valence electrons. The van der Waals surface area contributed by atoms with E-state index in [4.69, 9.17) is 24.7 Å². The van der Waals surface area contributed by atoms with Crippen molar-refractivity contribution in [3.8, 4) is 11.5 Å². The number of nitrogens with one attached hydrogen (secondary N) is 2. The molecule has 0 fully saturated rings. The second kappa shape index (κ2) is 15.8. The Kier molecular flexibility index (Phi) is 12.4. The lowest BCUT2D eigenvalue weighted by Gasteiger charge is -2.33. The Balaban J connectivity index is 0.000000804. The van der Waals surface area contributed by atoms with Crippen LogP contribution < -0.4 is 25.4 Å². The maximum Gasteiger partial charge on any atom is 0.490 e. The molecule has 0 aliphatic carbocycles. The molecule has 12 nitrogen and oxygen atoms in total. The Morgan fingerprint density at radius 2 is 1.35 bits per heavy atom. The van der Waals surface area contributed by atoms with E-state index in [0.717, 1.165) is 5.56 Å². The number of carboxylic acid groups (broad SMARTS) is 1. The quantitative estimate of drug-likeness (QED) is 0.178. The van der Waals surface area contributed by atoms with Crippen LogP contribution in [-0.4, -0.2) is 45.9 Å². The van der Waals surface area contributed by atoms with E-state index >= 15 is 4.57 Å². The van der Waals surface area contributed by atoms with Gasteiger partial charge in [-0.25, -0.2) is 9.36 Å². The number of aliphatic carboxylic acids is 1. The Labute approximate surface area is 274 Å². The molecule has 3 atom stereocenters. The first-order chi connectivity index (χ1) is 22.4. The van der Waals surface area contributed by atoms with Crippen LogP contribution in [0.4, 0.5) is 24.5 Å². The lowest BCUT2D eigenvalue weighted by atomic mass is 9.99. The summed E-state index contributed by atoms with van der Waals surface area (Å²) >= 11 is 0. The van der Waals surface area contributed by atoms with Crippen molar-refractivity contribution in [2.45, 2.75) is 58.7 Å². The largest absolute Gasteiger partial charge is 0.490 e. The van der Waals surface area contributed by atoms with E-state index in [2.05, 4.69) is 10.6 Å². The van der Waals surface area contributed by atoms with E-state index in [1.807, 2.05) is 32.0 Å². The number of anilines is 2.